The Kier molecular flexibility index (Phi) is 2.11. The highest BCUT2D eigenvalue weighted by Gasteiger charge is 2.48. The van der Waals surface area contributed by atoms with Gasteiger partial charge in [0.15, 0.2) is 0 Å². The van der Waals surface area contributed by atoms with Crippen LogP contribution in [0.5, 0.6) is 0 Å². The zero-order chi connectivity index (χ0) is 10.2. The molecule has 0 amide bonds. The molecule has 0 bridgehead atoms. The Bertz CT molecular complexity index is 354. The van der Waals surface area contributed by atoms with Gasteiger partial charge >= 0.3 is 6.16 Å². The third-order valence-corrected chi connectivity index (χ3v) is 2.61. The summed E-state index contributed by atoms with van der Waals surface area (Å²) < 4.78 is 4.85. The third-order valence-electron chi connectivity index (χ3n) is 2.36. The molecule has 1 aromatic carbocycles. The summed E-state index contributed by atoms with van der Waals surface area (Å²) >= 11 is 5.73. The Balaban J connectivity index is 2.22. The third kappa shape index (κ3) is 1.68. The molecular formula is C10H9ClO3. The lowest BCUT2D eigenvalue weighted by Crippen LogP contribution is -2.15. The quantitative estimate of drug-likeness (QED) is 0.767. The van der Waals surface area contributed by atoms with Crippen molar-refractivity contribution in [1.29, 1.82) is 0 Å². The molecule has 1 fully saturated rings. The molecule has 0 heterocycles. The largest absolute Gasteiger partial charge is 0.506 e. The minimum atomic E-state index is -1.22. The average molecular weight is 213 g/mol. The van der Waals surface area contributed by atoms with Gasteiger partial charge in [-0.25, -0.2) is 4.79 Å². The van der Waals surface area contributed by atoms with Gasteiger partial charge in [-0.1, -0.05) is 23.7 Å². The van der Waals surface area contributed by atoms with Crippen molar-refractivity contribution in [3.63, 3.8) is 0 Å². The number of halogens is 1. The molecule has 1 N–H and O–H groups in total. The average Bonchev–Trinajstić information content (AvgIpc) is 2.85. The first-order chi connectivity index (χ1) is 6.62. The molecule has 1 aliphatic rings. The maximum atomic E-state index is 10.4. The minimum Gasteiger partial charge on any atom is -0.450 e. The van der Waals surface area contributed by atoms with Gasteiger partial charge in [0.1, 0.15) is 5.60 Å². The molecule has 1 aliphatic carbocycles. The summed E-state index contributed by atoms with van der Waals surface area (Å²) in [5.74, 6) is 0. The van der Waals surface area contributed by atoms with Gasteiger partial charge in [0.2, 0.25) is 0 Å². The van der Waals surface area contributed by atoms with Gasteiger partial charge in [-0.15, -0.1) is 0 Å². The van der Waals surface area contributed by atoms with Crippen LogP contribution < -0.4 is 0 Å². The van der Waals surface area contributed by atoms with Gasteiger partial charge in [-0.05, 0) is 30.5 Å². The predicted molar refractivity (Wildman–Crippen MR) is 51.5 cm³/mol. The molecule has 0 radical (unpaired) electrons. The molecule has 1 aromatic rings. The lowest BCUT2D eigenvalue weighted by atomic mass is 10.1. The molecule has 14 heavy (non-hydrogen) atoms. The molecule has 0 aromatic heterocycles. The van der Waals surface area contributed by atoms with Crippen molar-refractivity contribution in [2.75, 3.05) is 0 Å². The molecule has 1 saturated carbocycles. The Hall–Kier alpha value is -1.22. The van der Waals surface area contributed by atoms with E-state index in [1.165, 1.54) is 0 Å². The molecule has 0 spiro atoms. The van der Waals surface area contributed by atoms with Gasteiger partial charge in [0.25, 0.3) is 0 Å². The summed E-state index contributed by atoms with van der Waals surface area (Å²) in [7, 11) is 0. The van der Waals surface area contributed by atoms with Crippen LogP contribution in [-0.4, -0.2) is 11.3 Å². The molecule has 0 saturated heterocycles. The van der Waals surface area contributed by atoms with E-state index in [0.29, 0.717) is 5.02 Å². The highest BCUT2D eigenvalue weighted by molar-refractivity contribution is 6.30. The first kappa shape index (κ1) is 9.34. The predicted octanol–water partition coefficient (Wildman–Crippen LogP) is 3.02. The van der Waals surface area contributed by atoms with Gasteiger partial charge in [-0.2, -0.15) is 0 Å². The normalized spacial score (nSPS) is 17.5. The van der Waals surface area contributed by atoms with E-state index in [4.69, 9.17) is 21.4 Å². The standard InChI is InChI=1S/C10H9ClO3/c11-8-3-1-7(2-4-8)10(5-6-10)14-9(12)13/h1-4H,5-6H2,(H,12,13). The Labute approximate surface area is 86.3 Å². The van der Waals surface area contributed by atoms with Crippen molar-refractivity contribution < 1.29 is 14.6 Å². The number of rotatable bonds is 2. The first-order valence-corrected chi connectivity index (χ1v) is 4.68. The topological polar surface area (TPSA) is 46.5 Å². The first-order valence-electron chi connectivity index (χ1n) is 4.30. The minimum absolute atomic E-state index is 0.601. The number of hydrogen-bond acceptors (Lipinski definition) is 2. The van der Waals surface area contributed by atoms with Crippen LogP contribution in [0.15, 0.2) is 24.3 Å². The zero-order valence-corrected chi connectivity index (χ0v) is 8.12. The van der Waals surface area contributed by atoms with Crippen LogP contribution in [0.4, 0.5) is 4.79 Å². The highest BCUT2D eigenvalue weighted by atomic mass is 35.5. The van der Waals surface area contributed by atoms with E-state index in [-0.39, 0.29) is 0 Å². The lowest BCUT2D eigenvalue weighted by Gasteiger charge is -2.14. The summed E-state index contributed by atoms with van der Waals surface area (Å²) in [6.07, 6.45) is 0.277. The molecule has 0 atom stereocenters. The fraction of sp³-hybridized carbons (Fsp3) is 0.300. The summed E-state index contributed by atoms with van der Waals surface area (Å²) in [5, 5.41) is 9.20. The van der Waals surface area contributed by atoms with Crippen molar-refractivity contribution in [2.45, 2.75) is 18.4 Å². The number of carboxylic acid groups (broad SMARTS) is 1. The maximum absolute atomic E-state index is 10.4. The van der Waals surface area contributed by atoms with E-state index in [1.807, 2.05) is 0 Å². The monoisotopic (exact) mass is 212 g/mol. The van der Waals surface area contributed by atoms with E-state index < -0.39 is 11.8 Å². The van der Waals surface area contributed by atoms with E-state index in [2.05, 4.69) is 0 Å². The second-order valence-electron chi connectivity index (χ2n) is 3.37. The van der Waals surface area contributed by atoms with Crippen LogP contribution in [0.1, 0.15) is 18.4 Å². The Morgan fingerprint density at radius 1 is 1.36 bits per heavy atom. The van der Waals surface area contributed by atoms with Crippen molar-refractivity contribution >= 4 is 17.8 Å². The van der Waals surface area contributed by atoms with Gasteiger partial charge in [0.05, 0.1) is 0 Å². The molecule has 4 heteroatoms. The molecular weight excluding hydrogens is 204 g/mol. The van der Waals surface area contributed by atoms with Gasteiger partial charge in [-0.3, -0.25) is 0 Å². The molecule has 0 unspecified atom stereocenters. The summed E-state index contributed by atoms with van der Waals surface area (Å²) in [6.45, 7) is 0. The number of carbonyl (C=O) groups is 1. The van der Waals surface area contributed by atoms with E-state index in [0.717, 1.165) is 18.4 Å². The van der Waals surface area contributed by atoms with E-state index >= 15 is 0 Å². The van der Waals surface area contributed by atoms with Crippen molar-refractivity contribution in [1.82, 2.24) is 0 Å². The maximum Gasteiger partial charge on any atom is 0.506 e. The fourth-order valence-electron chi connectivity index (χ4n) is 1.48. The second-order valence-corrected chi connectivity index (χ2v) is 3.81. The SMILES string of the molecule is O=C(O)OC1(c2ccc(Cl)cc2)CC1. The van der Waals surface area contributed by atoms with Crippen LogP contribution in [0, 0.1) is 0 Å². The number of ether oxygens (including phenoxy) is 1. The molecule has 3 nitrogen and oxygen atoms in total. The Morgan fingerprint density at radius 2 is 1.93 bits per heavy atom. The van der Waals surface area contributed by atoms with Crippen molar-refractivity contribution in [2.24, 2.45) is 0 Å². The van der Waals surface area contributed by atoms with Crippen LogP contribution in [0.3, 0.4) is 0 Å². The molecule has 74 valence electrons. The van der Waals surface area contributed by atoms with Crippen molar-refractivity contribution in [3.8, 4) is 0 Å². The van der Waals surface area contributed by atoms with E-state index in [1.54, 1.807) is 24.3 Å². The van der Waals surface area contributed by atoms with Gasteiger partial charge in [0, 0.05) is 5.02 Å². The van der Waals surface area contributed by atoms with Gasteiger partial charge < -0.3 is 9.84 Å². The van der Waals surface area contributed by atoms with E-state index in [9.17, 15) is 4.79 Å². The number of benzene rings is 1. The fourth-order valence-corrected chi connectivity index (χ4v) is 1.61. The smallest absolute Gasteiger partial charge is 0.450 e. The van der Waals surface area contributed by atoms with Crippen LogP contribution in [-0.2, 0) is 10.3 Å². The lowest BCUT2D eigenvalue weighted by molar-refractivity contribution is 0.0375. The summed E-state index contributed by atoms with van der Waals surface area (Å²) in [5.41, 5.74) is 0.278. The van der Waals surface area contributed by atoms with Crippen LogP contribution in [0.25, 0.3) is 0 Å². The van der Waals surface area contributed by atoms with Crippen LogP contribution >= 0.6 is 11.6 Å². The highest BCUT2D eigenvalue weighted by Crippen LogP contribution is 2.49. The van der Waals surface area contributed by atoms with Crippen molar-refractivity contribution in [3.05, 3.63) is 34.9 Å². The molecule has 0 aliphatic heterocycles. The zero-order valence-electron chi connectivity index (χ0n) is 7.37. The summed E-state index contributed by atoms with van der Waals surface area (Å²) in [6, 6.07) is 7.08. The second kappa shape index (κ2) is 3.17. The van der Waals surface area contributed by atoms with Crippen LogP contribution in [0.2, 0.25) is 5.02 Å². The number of hydrogen-bond donors (Lipinski definition) is 1. The molecule has 2 rings (SSSR count). The Morgan fingerprint density at radius 3 is 2.36 bits per heavy atom. The summed E-state index contributed by atoms with van der Waals surface area (Å²) in [4.78, 5) is 10.4.